The van der Waals surface area contributed by atoms with Crippen LogP contribution in [-0.2, 0) is 15.7 Å². The Morgan fingerprint density at radius 3 is 2.55 bits per heavy atom. The number of halogens is 3. The minimum Gasteiger partial charge on any atom is -0.466 e. The van der Waals surface area contributed by atoms with E-state index < -0.39 is 11.7 Å². The Kier molecular flexibility index (Phi) is 4.73. The van der Waals surface area contributed by atoms with Crippen molar-refractivity contribution in [2.75, 3.05) is 6.61 Å². The lowest BCUT2D eigenvalue weighted by Gasteiger charge is -2.27. The molecule has 0 radical (unpaired) electrons. The van der Waals surface area contributed by atoms with Crippen molar-refractivity contribution in [2.45, 2.75) is 44.7 Å². The zero-order chi connectivity index (χ0) is 14.8. The molecule has 1 aromatic rings. The Hall–Kier alpha value is -1.04. The average molecular weight is 306 g/mol. The largest absolute Gasteiger partial charge is 0.466 e. The molecule has 1 aromatic heterocycles. The first kappa shape index (κ1) is 15.4. The summed E-state index contributed by atoms with van der Waals surface area (Å²) in [7, 11) is 0. The molecule has 6 heteroatoms. The fourth-order valence-electron chi connectivity index (χ4n) is 2.72. The van der Waals surface area contributed by atoms with Crippen LogP contribution in [0.3, 0.4) is 0 Å². The van der Waals surface area contributed by atoms with Crippen LogP contribution in [0.15, 0.2) is 11.4 Å². The standard InChI is InChI=1S/C14H17F3O2S/c1-2-19-13(18)10-5-3-9(4-6-10)12-11(7-8-20-12)14(15,16)17/h7-10H,2-6H2,1H3. The third-order valence-corrected chi connectivity index (χ3v) is 4.80. The maximum Gasteiger partial charge on any atom is 0.417 e. The molecule has 2 nitrogen and oxygen atoms in total. The molecular weight excluding hydrogens is 289 g/mol. The zero-order valence-electron chi connectivity index (χ0n) is 11.2. The van der Waals surface area contributed by atoms with Crippen LogP contribution < -0.4 is 0 Å². The SMILES string of the molecule is CCOC(=O)C1CCC(c2sccc2C(F)(F)F)CC1. The van der Waals surface area contributed by atoms with Gasteiger partial charge < -0.3 is 4.74 Å². The summed E-state index contributed by atoms with van der Waals surface area (Å²) in [5.41, 5.74) is -0.512. The number of esters is 1. The third-order valence-electron chi connectivity index (χ3n) is 3.72. The molecule has 0 N–H and O–H groups in total. The Morgan fingerprint density at radius 1 is 1.35 bits per heavy atom. The predicted molar refractivity (Wildman–Crippen MR) is 70.7 cm³/mol. The number of carbonyl (C=O) groups excluding carboxylic acids is 1. The van der Waals surface area contributed by atoms with Crippen molar-refractivity contribution in [2.24, 2.45) is 5.92 Å². The highest BCUT2D eigenvalue weighted by atomic mass is 32.1. The van der Waals surface area contributed by atoms with Gasteiger partial charge >= 0.3 is 12.1 Å². The molecule has 1 aliphatic carbocycles. The number of hydrogen-bond acceptors (Lipinski definition) is 3. The molecule has 20 heavy (non-hydrogen) atoms. The summed E-state index contributed by atoms with van der Waals surface area (Å²) in [4.78, 5) is 12.0. The lowest BCUT2D eigenvalue weighted by molar-refractivity contribution is -0.149. The number of hydrogen-bond donors (Lipinski definition) is 0. The Labute approximate surface area is 119 Å². The molecule has 0 spiro atoms. The average Bonchev–Trinajstić information content (AvgIpc) is 2.88. The minimum absolute atomic E-state index is 0.0858. The molecule has 1 saturated carbocycles. The van der Waals surface area contributed by atoms with Gasteiger partial charge in [-0.05, 0) is 50.0 Å². The van der Waals surface area contributed by atoms with Crippen molar-refractivity contribution >= 4 is 17.3 Å². The van der Waals surface area contributed by atoms with Gasteiger partial charge in [0.2, 0.25) is 0 Å². The first-order chi connectivity index (χ1) is 9.43. The van der Waals surface area contributed by atoms with Gasteiger partial charge in [0.25, 0.3) is 0 Å². The van der Waals surface area contributed by atoms with Crippen LogP contribution in [0.5, 0.6) is 0 Å². The van der Waals surface area contributed by atoms with Gasteiger partial charge in [0, 0.05) is 4.88 Å². The summed E-state index contributed by atoms with van der Waals surface area (Å²) in [5, 5.41) is 1.50. The van der Waals surface area contributed by atoms with E-state index >= 15 is 0 Å². The lowest BCUT2D eigenvalue weighted by atomic mass is 9.80. The quantitative estimate of drug-likeness (QED) is 0.763. The molecule has 0 unspecified atom stereocenters. The van der Waals surface area contributed by atoms with E-state index in [0.717, 1.165) is 6.07 Å². The molecule has 0 atom stereocenters. The van der Waals surface area contributed by atoms with Crippen LogP contribution in [0.25, 0.3) is 0 Å². The minimum atomic E-state index is -4.28. The Bertz CT molecular complexity index is 459. The number of thiophene rings is 1. The van der Waals surface area contributed by atoms with E-state index in [0.29, 0.717) is 37.2 Å². The normalized spacial score (nSPS) is 23.6. The van der Waals surface area contributed by atoms with Crippen molar-refractivity contribution < 1.29 is 22.7 Å². The smallest absolute Gasteiger partial charge is 0.417 e. The summed E-state index contributed by atoms with van der Waals surface area (Å²) >= 11 is 1.17. The first-order valence-electron chi connectivity index (χ1n) is 6.74. The molecule has 0 bridgehead atoms. The molecule has 0 aromatic carbocycles. The maximum atomic E-state index is 12.9. The predicted octanol–water partition coefficient (Wildman–Crippen LogP) is 4.60. The van der Waals surface area contributed by atoms with E-state index in [2.05, 4.69) is 0 Å². The van der Waals surface area contributed by atoms with Crippen molar-refractivity contribution in [3.63, 3.8) is 0 Å². The van der Waals surface area contributed by atoms with Crippen molar-refractivity contribution in [1.82, 2.24) is 0 Å². The van der Waals surface area contributed by atoms with Crippen LogP contribution in [0.2, 0.25) is 0 Å². The maximum absolute atomic E-state index is 12.9. The summed E-state index contributed by atoms with van der Waals surface area (Å²) in [5.74, 6) is -0.453. The number of alkyl halides is 3. The van der Waals surface area contributed by atoms with Gasteiger partial charge in [-0.25, -0.2) is 0 Å². The molecule has 112 valence electrons. The van der Waals surface area contributed by atoms with Gasteiger partial charge in [-0.15, -0.1) is 11.3 Å². The van der Waals surface area contributed by atoms with Crippen molar-refractivity contribution in [3.8, 4) is 0 Å². The molecular formula is C14H17F3O2S. The summed E-state index contributed by atoms with van der Waals surface area (Å²) < 4.78 is 43.6. The van der Waals surface area contributed by atoms with Crippen LogP contribution in [-0.4, -0.2) is 12.6 Å². The van der Waals surface area contributed by atoms with Gasteiger partial charge in [0.05, 0.1) is 18.1 Å². The molecule has 1 fully saturated rings. The van der Waals surface area contributed by atoms with E-state index in [1.165, 1.54) is 16.7 Å². The van der Waals surface area contributed by atoms with Crippen molar-refractivity contribution in [3.05, 3.63) is 21.9 Å². The zero-order valence-corrected chi connectivity index (χ0v) is 12.0. The third kappa shape index (κ3) is 3.34. The molecule has 0 aliphatic heterocycles. The molecule has 1 heterocycles. The van der Waals surface area contributed by atoms with E-state index in [-0.39, 0.29) is 17.8 Å². The highest BCUT2D eigenvalue weighted by molar-refractivity contribution is 7.10. The highest BCUT2D eigenvalue weighted by Gasteiger charge is 2.37. The van der Waals surface area contributed by atoms with Crippen molar-refractivity contribution in [1.29, 1.82) is 0 Å². The Balaban J connectivity index is 2.01. The second-order valence-electron chi connectivity index (χ2n) is 5.00. The van der Waals surface area contributed by atoms with Gasteiger partial charge in [0.15, 0.2) is 0 Å². The molecule has 2 rings (SSSR count). The molecule has 0 saturated heterocycles. The second kappa shape index (κ2) is 6.16. The van der Waals surface area contributed by atoms with Gasteiger partial charge in [-0.1, -0.05) is 0 Å². The van der Waals surface area contributed by atoms with Gasteiger partial charge in [-0.3, -0.25) is 4.79 Å². The van der Waals surface area contributed by atoms with E-state index in [4.69, 9.17) is 4.74 Å². The summed E-state index contributed by atoms with van der Waals surface area (Å²) in [6, 6.07) is 1.15. The first-order valence-corrected chi connectivity index (χ1v) is 7.62. The van der Waals surface area contributed by atoms with Crippen LogP contribution in [0.4, 0.5) is 13.2 Å². The number of rotatable bonds is 3. The fraction of sp³-hybridized carbons (Fsp3) is 0.643. The van der Waals surface area contributed by atoms with Crippen LogP contribution in [0.1, 0.15) is 49.0 Å². The van der Waals surface area contributed by atoms with E-state index in [1.807, 2.05) is 0 Å². The molecule has 1 aliphatic rings. The topological polar surface area (TPSA) is 26.3 Å². The monoisotopic (exact) mass is 306 g/mol. The fourth-order valence-corrected chi connectivity index (χ4v) is 3.81. The Morgan fingerprint density at radius 2 is 2.00 bits per heavy atom. The van der Waals surface area contributed by atoms with Gasteiger partial charge in [0.1, 0.15) is 0 Å². The van der Waals surface area contributed by atoms with E-state index in [1.54, 1.807) is 6.92 Å². The highest BCUT2D eigenvalue weighted by Crippen LogP contribution is 2.44. The van der Waals surface area contributed by atoms with Crippen LogP contribution >= 0.6 is 11.3 Å². The van der Waals surface area contributed by atoms with E-state index in [9.17, 15) is 18.0 Å². The van der Waals surface area contributed by atoms with Crippen LogP contribution in [0, 0.1) is 5.92 Å². The number of carbonyl (C=O) groups is 1. The number of ether oxygens (including phenoxy) is 1. The van der Waals surface area contributed by atoms with Gasteiger partial charge in [-0.2, -0.15) is 13.2 Å². The summed E-state index contributed by atoms with van der Waals surface area (Å²) in [6.07, 6.45) is -1.83. The lowest BCUT2D eigenvalue weighted by Crippen LogP contribution is -2.23. The molecule has 0 amide bonds. The second-order valence-corrected chi connectivity index (χ2v) is 5.94. The summed E-state index contributed by atoms with van der Waals surface area (Å²) in [6.45, 7) is 2.10.